The predicted octanol–water partition coefficient (Wildman–Crippen LogP) is 6.14. The highest BCUT2D eigenvalue weighted by molar-refractivity contribution is 7.92. The van der Waals surface area contributed by atoms with E-state index in [0.717, 1.165) is 44.2 Å². The van der Waals surface area contributed by atoms with E-state index in [4.69, 9.17) is 0 Å². The van der Waals surface area contributed by atoms with Crippen molar-refractivity contribution < 1.29 is 18.3 Å². The number of carboxylic acids is 1. The molecule has 0 radical (unpaired) electrons. The Morgan fingerprint density at radius 2 is 1.67 bits per heavy atom. The number of hydrogen-bond donors (Lipinski definition) is 2. The number of fused-ring (bicyclic) bond motifs is 1. The molecule has 0 heterocycles. The fraction of sp³-hybridized carbons (Fsp3) is 0.296. The molecule has 172 valence electrons. The van der Waals surface area contributed by atoms with Gasteiger partial charge < -0.3 is 5.11 Å². The molecule has 5 nitrogen and oxygen atoms in total. The second-order valence-electron chi connectivity index (χ2n) is 8.98. The number of anilines is 1. The van der Waals surface area contributed by atoms with E-state index in [9.17, 15) is 18.3 Å². The highest BCUT2D eigenvalue weighted by Crippen LogP contribution is 2.36. The van der Waals surface area contributed by atoms with Crippen molar-refractivity contribution in [3.05, 3.63) is 76.4 Å². The average Bonchev–Trinajstić information content (AvgIpc) is 2.77. The Labute approximate surface area is 195 Å². The Bertz CT molecular complexity index is 1380. The number of hydrogen-bond acceptors (Lipinski definition) is 3. The molecule has 0 saturated carbocycles. The van der Waals surface area contributed by atoms with E-state index in [0.29, 0.717) is 29.8 Å². The quantitative estimate of drug-likeness (QED) is 0.476. The molecule has 0 spiro atoms. The van der Waals surface area contributed by atoms with Crippen LogP contribution >= 0.6 is 0 Å². The lowest BCUT2D eigenvalue weighted by molar-refractivity contribution is -0.141. The number of aryl methyl sites for hydroxylation is 2. The summed E-state index contributed by atoms with van der Waals surface area (Å²) in [6, 6.07) is 13.6. The summed E-state index contributed by atoms with van der Waals surface area (Å²) in [4.78, 5) is 11.6. The van der Waals surface area contributed by atoms with Gasteiger partial charge in [-0.3, -0.25) is 9.52 Å². The van der Waals surface area contributed by atoms with Crippen molar-refractivity contribution in [1.29, 1.82) is 0 Å². The first-order chi connectivity index (χ1) is 15.6. The van der Waals surface area contributed by atoms with Gasteiger partial charge in [-0.2, -0.15) is 0 Å². The highest BCUT2D eigenvalue weighted by Gasteiger charge is 2.25. The molecule has 1 aliphatic rings. The van der Waals surface area contributed by atoms with Gasteiger partial charge in [0, 0.05) is 5.39 Å². The van der Waals surface area contributed by atoms with Gasteiger partial charge >= 0.3 is 5.97 Å². The third-order valence-corrected chi connectivity index (χ3v) is 8.44. The molecule has 0 aliphatic heterocycles. The van der Waals surface area contributed by atoms with Gasteiger partial charge in [0.05, 0.1) is 16.5 Å². The average molecular weight is 464 g/mol. The Hall–Kier alpha value is -3.12. The van der Waals surface area contributed by atoms with Gasteiger partial charge in [0.25, 0.3) is 10.0 Å². The molecular formula is C27H29NO4S. The fourth-order valence-corrected chi connectivity index (χ4v) is 6.37. The van der Waals surface area contributed by atoms with Crippen LogP contribution in [0.5, 0.6) is 0 Å². The lowest BCUT2D eigenvalue weighted by atomic mass is 9.86. The van der Waals surface area contributed by atoms with Gasteiger partial charge in [-0.25, -0.2) is 8.42 Å². The van der Waals surface area contributed by atoms with Crippen molar-refractivity contribution in [3.8, 4) is 0 Å². The zero-order chi connectivity index (χ0) is 23.9. The van der Waals surface area contributed by atoms with Crippen molar-refractivity contribution in [2.24, 2.45) is 5.92 Å². The number of carbonyl (C=O) groups is 1. The second-order valence-corrected chi connectivity index (χ2v) is 10.6. The van der Waals surface area contributed by atoms with Crippen LogP contribution in [0, 0.1) is 33.6 Å². The molecule has 0 aromatic heterocycles. The maximum absolute atomic E-state index is 13.6. The number of aliphatic carboxylic acids is 1. The minimum atomic E-state index is -3.83. The second kappa shape index (κ2) is 8.67. The summed E-state index contributed by atoms with van der Waals surface area (Å²) in [6.07, 6.45) is 3.69. The number of allylic oxidation sites excluding steroid dienone is 2. The van der Waals surface area contributed by atoms with Crippen molar-refractivity contribution in [1.82, 2.24) is 0 Å². The van der Waals surface area contributed by atoms with E-state index in [1.807, 2.05) is 76.2 Å². The van der Waals surface area contributed by atoms with E-state index >= 15 is 0 Å². The third-order valence-electron chi connectivity index (χ3n) is 6.80. The van der Waals surface area contributed by atoms with Gasteiger partial charge in [-0.05, 0) is 97.9 Å². The van der Waals surface area contributed by atoms with E-state index in [1.165, 1.54) is 0 Å². The lowest BCUT2D eigenvalue weighted by Crippen LogP contribution is -2.17. The van der Waals surface area contributed by atoms with E-state index in [-0.39, 0.29) is 5.92 Å². The first-order valence-corrected chi connectivity index (χ1v) is 12.6. The number of benzene rings is 3. The molecule has 1 unspecified atom stereocenters. The van der Waals surface area contributed by atoms with E-state index in [1.54, 1.807) is 0 Å². The summed E-state index contributed by atoms with van der Waals surface area (Å²) in [5.74, 6) is -1.13. The van der Waals surface area contributed by atoms with Crippen molar-refractivity contribution in [3.63, 3.8) is 0 Å². The van der Waals surface area contributed by atoms with Crippen molar-refractivity contribution >= 4 is 38.0 Å². The Morgan fingerprint density at radius 3 is 2.27 bits per heavy atom. The molecule has 0 fully saturated rings. The number of carboxylic acid groups (broad SMARTS) is 1. The zero-order valence-electron chi connectivity index (χ0n) is 19.4. The number of rotatable bonds is 5. The minimum absolute atomic E-state index is 0.329. The maximum Gasteiger partial charge on any atom is 0.306 e. The maximum atomic E-state index is 13.6. The Morgan fingerprint density at radius 1 is 1.00 bits per heavy atom. The van der Waals surface area contributed by atoms with Crippen molar-refractivity contribution in [2.75, 3.05) is 4.72 Å². The van der Waals surface area contributed by atoms with Gasteiger partial charge in [0.2, 0.25) is 0 Å². The predicted molar refractivity (Wildman–Crippen MR) is 133 cm³/mol. The van der Waals surface area contributed by atoms with Gasteiger partial charge in [-0.1, -0.05) is 36.4 Å². The van der Waals surface area contributed by atoms with Crippen LogP contribution in [0.25, 0.3) is 16.3 Å². The number of sulfonamides is 1. The molecule has 0 bridgehead atoms. The smallest absolute Gasteiger partial charge is 0.306 e. The molecular weight excluding hydrogens is 434 g/mol. The minimum Gasteiger partial charge on any atom is -0.481 e. The summed E-state index contributed by atoms with van der Waals surface area (Å²) < 4.78 is 30.1. The van der Waals surface area contributed by atoms with Crippen LogP contribution in [0.4, 0.5) is 5.69 Å². The summed E-state index contributed by atoms with van der Waals surface area (Å²) >= 11 is 0. The molecule has 33 heavy (non-hydrogen) atoms. The van der Waals surface area contributed by atoms with Gasteiger partial charge in [0.1, 0.15) is 0 Å². The van der Waals surface area contributed by atoms with Crippen LogP contribution in [0.2, 0.25) is 0 Å². The van der Waals surface area contributed by atoms with Gasteiger partial charge in [0.15, 0.2) is 0 Å². The molecule has 2 N–H and O–H groups in total. The summed E-state index contributed by atoms with van der Waals surface area (Å²) in [5, 5.41) is 11.1. The molecule has 1 aliphatic carbocycles. The van der Waals surface area contributed by atoms with Crippen molar-refractivity contribution in [2.45, 2.75) is 51.9 Å². The molecule has 3 aromatic carbocycles. The monoisotopic (exact) mass is 463 g/mol. The normalized spacial score (nSPS) is 16.5. The standard InChI is InChI=1S/C27H29NO4S/c1-16-13-17(2)19(4)26(18(16)3)33(31,32)28-25-15-23(14-22-7-5-6-8-24(22)25)20-9-11-21(12-10-20)27(29)30/h5-9,13-15,21,28H,10-12H2,1-4H3,(H,29,30). The highest BCUT2D eigenvalue weighted by atomic mass is 32.2. The molecule has 1 atom stereocenters. The third kappa shape index (κ3) is 4.40. The fourth-order valence-electron chi connectivity index (χ4n) is 4.68. The zero-order valence-corrected chi connectivity index (χ0v) is 20.2. The van der Waals surface area contributed by atoms with Crippen LogP contribution in [-0.4, -0.2) is 19.5 Å². The largest absolute Gasteiger partial charge is 0.481 e. The van der Waals surface area contributed by atoms with Crippen LogP contribution in [-0.2, 0) is 14.8 Å². The summed E-state index contributed by atoms with van der Waals surface area (Å²) in [6.45, 7) is 7.54. The van der Waals surface area contributed by atoms with Gasteiger partial charge in [-0.15, -0.1) is 0 Å². The van der Waals surface area contributed by atoms with E-state index < -0.39 is 16.0 Å². The molecule has 3 aromatic rings. The summed E-state index contributed by atoms with van der Waals surface area (Å²) in [7, 11) is -3.83. The SMILES string of the molecule is Cc1cc(C)c(C)c(S(=O)(=O)Nc2cc(C3=CCC(C(=O)O)CC3)cc3ccccc23)c1C. The Kier molecular flexibility index (Phi) is 6.06. The molecule has 0 saturated heterocycles. The van der Waals surface area contributed by atoms with Crippen LogP contribution < -0.4 is 4.72 Å². The Balaban J connectivity index is 1.81. The molecule has 0 amide bonds. The van der Waals surface area contributed by atoms with Crippen LogP contribution in [0.1, 0.15) is 47.1 Å². The van der Waals surface area contributed by atoms with E-state index in [2.05, 4.69) is 4.72 Å². The number of nitrogens with one attached hydrogen (secondary N) is 1. The first-order valence-electron chi connectivity index (χ1n) is 11.1. The van der Waals surface area contributed by atoms with Crippen LogP contribution in [0.3, 0.4) is 0 Å². The first kappa shape index (κ1) is 23.1. The summed E-state index contributed by atoms with van der Waals surface area (Å²) in [5.41, 5.74) is 5.89. The van der Waals surface area contributed by atoms with Crippen LogP contribution in [0.15, 0.2) is 53.4 Å². The lowest BCUT2D eigenvalue weighted by Gasteiger charge is -2.21. The topological polar surface area (TPSA) is 83.5 Å². The molecule has 4 rings (SSSR count). The molecule has 6 heteroatoms.